The number of aromatic nitrogens is 1. The number of methoxy groups -OCH3 is 1. The molecule has 2 saturated carbocycles. The van der Waals surface area contributed by atoms with Gasteiger partial charge in [-0.3, -0.25) is 23.9 Å². The van der Waals surface area contributed by atoms with Crippen LogP contribution in [-0.2, 0) is 33.9 Å². The van der Waals surface area contributed by atoms with Crippen molar-refractivity contribution in [1.82, 2.24) is 25.2 Å². The molecule has 3 N–H and O–H groups in total. The number of carbonyl (C=O) groups excluding carboxylic acids is 5. The van der Waals surface area contributed by atoms with Gasteiger partial charge in [0.05, 0.1) is 18.9 Å². The van der Waals surface area contributed by atoms with E-state index < -0.39 is 74.3 Å². The maximum Gasteiger partial charge on any atom is 0.408 e. The number of ether oxygens (including phenoxy) is 3. The molecule has 1 aromatic carbocycles. The van der Waals surface area contributed by atoms with E-state index in [1.807, 2.05) is 26.8 Å². The lowest BCUT2D eigenvalue weighted by molar-refractivity contribution is -0.141. The predicted octanol–water partition coefficient (Wildman–Crippen LogP) is 4.11. The summed E-state index contributed by atoms with van der Waals surface area (Å²) in [6, 6.07) is 4.60. The summed E-state index contributed by atoms with van der Waals surface area (Å²) in [4.78, 5) is 74.1. The number of amides is 4. The van der Waals surface area contributed by atoms with E-state index in [2.05, 4.69) is 26.9 Å². The number of likely N-dealkylation sites (tertiary alicyclic amines) is 1. The van der Waals surface area contributed by atoms with Crippen LogP contribution in [-0.4, -0.2) is 96.1 Å². The number of pyridine rings is 1. The van der Waals surface area contributed by atoms with Crippen molar-refractivity contribution in [3.63, 3.8) is 0 Å². The van der Waals surface area contributed by atoms with Gasteiger partial charge in [-0.25, -0.2) is 18.2 Å². The molecule has 304 valence electrons. The number of fused-ring (bicyclic) bond motifs is 1. The van der Waals surface area contributed by atoms with Crippen LogP contribution >= 0.6 is 0 Å². The van der Waals surface area contributed by atoms with Crippen LogP contribution in [0.15, 0.2) is 55.3 Å². The van der Waals surface area contributed by atoms with Gasteiger partial charge in [0.25, 0.3) is 5.91 Å². The van der Waals surface area contributed by atoms with E-state index >= 15 is 0 Å². The Balaban J connectivity index is 1.45. The Bertz CT molecular complexity index is 2020. The first kappa shape index (κ1) is 42.2. The van der Waals surface area contributed by atoms with E-state index in [0.29, 0.717) is 24.0 Å². The van der Waals surface area contributed by atoms with Crippen LogP contribution < -0.4 is 24.8 Å². The number of benzene rings is 1. The third kappa shape index (κ3) is 10.4. The fourth-order valence-electron chi connectivity index (χ4n) is 6.52. The Kier molecular flexibility index (Phi) is 12.2. The number of hydrogen-bond acceptors (Lipinski definition) is 11. The minimum absolute atomic E-state index is 0.0466. The van der Waals surface area contributed by atoms with E-state index in [1.54, 1.807) is 58.4 Å². The lowest BCUT2D eigenvalue weighted by atomic mass is 9.95. The molecule has 2 heterocycles. The Morgan fingerprint density at radius 2 is 1.80 bits per heavy atom. The molecule has 2 aliphatic carbocycles. The maximum absolute atomic E-state index is 14.6. The summed E-state index contributed by atoms with van der Waals surface area (Å²) >= 11 is 0. The average Bonchev–Trinajstić information content (AvgIpc) is 4.04. The zero-order chi connectivity index (χ0) is 41.2. The van der Waals surface area contributed by atoms with Crippen molar-refractivity contribution < 1.29 is 46.6 Å². The van der Waals surface area contributed by atoms with Crippen LogP contribution in [0.2, 0.25) is 0 Å². The largest absolute Gasteiger partial charge is 0.497 e. The van der Waals surface area contributed by atoms with Gasteiger partial charge in [0.1, 0.15) is 35.1 Å². The number of nitrogens with zero attached hydrogens (tertiary/aromatic N) is 2. The SMILES string of the molecule is C=C[C@@H]1C[C@]1(NC(=O)[C@@H]1C[C@@H](Oc2nccc3cc(OC)ccc23)CN1C(=O)[C@H](CCC(=O)/C=C\C(C)(C)C)NC(=O)OC(C)(C)C)C(=O)NS(=O)(=O)C1CC1. The van der Waals surface area contributed by atoms with E-state index in [4.69, 9.17) is 14.2 Å². The van der Waals surface area contributed by atoms with Crippen LogP contribution in [0.25, 0.3) is 10.8 Å². The molecule has 1 aromatic heterocycles. The van der Waals surface area contributed by atoms with Gasteiger partial charge < -0.3 is 29.7 Å². The molecule has 16 heteroatoms. The molecule has 4 amide bonds. The molecule has 15 nitrogen and oxygen atoms in total. The highest BCUT2D eigenvalue weighted by atomic mass is 32.2. The Hall–Kier alpha value is -4.99. The number of nitrogens with one attached hydrogen (secondary N) is 3. The van der Waals surface area contributed by atoms with Crippen LogP contribution in [0.5, 0.6) is 11.6 Å². The Labute approximate surface area is 328 Å². The van der Waals surface area contributed by atoms with Crippen molar-refractivity contribution in [2.24, 2.45) is 11.3 Å². The number of alkyl carbamates (subject to hydrolysis) is 1. The zero-order valence-electron chi connectivity index (χ0n) is 33.0. The van der Waals surface area contributed by atoms with Gasteiger partial charge in [-0.2, -0.15) is 0 Å². The number of hydrogen-bond donors (Lipinski definition) is 3. The van der Waals surface area contributed by atoms with E-state index in [-0.39, 0.29) is 49.3 Å². The van der Waals surface area contributed by atoms with Gasteiger partial charge in [0.2, 0.25) is 27.7 Å². The second-order valence-electron chi connectivity index (χ2n) is 16.8. The molecular weight excluding hydrogens is 743 g/mol. The Morgan fingerprint density at radius 3 is 2.41 bits per heavy atom. The standard InChI is InChI=1S/C40H53N5O10S/c1-9-25-22-40(25,36(49)44-56(51,52)29-12-13-29)43-33(47)32-21-28(54-34-30-14-11-27(53-8)20-24(30)17-19-41-34)23-45(32)35(48)31(42-37(50)55-39(5,6)7)15-10-26(46)16-18-38(2,3)4/h9,11,14,16-20,25,28-29,31-32H,1,10,12-13,15,21-23H2,2-8H3,(H,42,50)(H,43,47)(H,44,49)/b18-16-/t25-,28-,31+,32+,40-/m1/s1. The van der Waals surface area contributed by atoms with Crippen molar-refractivity contribution in [2.75, 3.05) is 13.7 Å². The smallest absolute Gasteiger partial charge is 0.408 e. The summed E-state index contributed by atoms with van der Waals surface area (Å²) < 4.78 is 44.8. The molecule has 1 aliphatic heterocycles. The third-order valence-electron chi connectivity index (χ3n) is 9.75. The van der Waals surface area contributed by atoms with Crippen LogP contribution in [0, 0.1) is 11.3 Å². The van der Waals surface area contributed by atoms with Gasteiger partial charge >= 0.3 is 6.09 Å². The van der Waals surface area contributed by atoms with Crippen LogP contribution in [0.4, 0.5) is 4.79 Å². The first-order valence-electron chi connectivity index (χ1n) is 18.8. The van der Waals surface area contributed by atoms with Gasteiger partial charge in [-0.1, -0.05) is 32.9 Å². The minimum atomic E-state index is -3.94. The van der Waals surface area contributed by atoms with E-state index in [1.165, 1.54) is 17.1 Å². The first-order valence-corrected chi connectivity index (χ1v) is 20.3. The number of rotatable bonds is 15. The molecule has 5 atom stereocenters. The lowest BCUT2D eigenvalue weighted by Crippen LogP contribution is -2.58. The summed E-state index contributed by atoms with van der Waals surface area (Å²) in [5.41, 5.74) is -2.77. The highest BCUT2D eigenvalue weighted by Gasteiger charge is 2.62. The molecular formula is C40H53N5O10S. The molecule has 0 unspecified atom stereocenters. The van der Waals surface area contributed by atoms with Crippen molar-refractivity contribution in [3.8, 4) is 11.6 Å². The van der Waals surface area contributed by atoms with E-state index in [9.17, 15) is 32.4 Å². The molecule has 5 rings (SSSR count). The normalized spacial score (nSPS) is 22.9. The summed E-state index contributed by atoms with van der Waals surface area (Å²) in [5, 5.41) is 6.12. The highest BCUT2D eigenvalue weighted by Crippen LogP contribution is 2.45. The van der Waals surface area contributed by atoms with Gasteiger partial charge in [-0.05, 0) is 87.6 Å². The van der Waals surface area contributed by atoms with Crippen LogP contribution in [0.1, 0.15) is 80.1 Å². The van der Waals surface area contributed by atoms with Gasteiger partial charge in [0.15, 0.2) is 5.78 Å². The van der Waals surface area contributed by atoms with Crippen molar-refractivity contribution in [2.45, 2.75) is 115 Å². The molecule has 0 bridgehead atoms. The zero-order valence-corrected chi connectivity index (χ0v) is 33.9. The first-order chi connectivity index (χ1) is 26.1. The third-order valence-corrected chi connectivity index (χ3v) is 11.6. The van der Waals surface area contributed by atoms with Crippen molar-refractivity contribution in [1.29, 1.82) is 0 Å². The topological polar surface area (TPSA) is 199 Å². The summed E-state index contributed by atoms with van der Waals surface area (Å²) in [6.45, 7) is 14.4. The maximum atomic E-state index is 14.6. The minimum Gasteiger partial charge on any atom is -0.497 e. The molecule has 1 saturated heterocycles. The van der Waals surface area contributed by atoms with Crippen LogP contribution in [0.3, 0.4) is 0 Å². The van der Waals surface area contributed by atoms with Gasteiger partial charge in [-0.15, -0.1) is 6.58 Å². The quantitative estimate of drug-likeness (QED) is 0.173. The molecule has 2 aromatic rings. The second kappa shape index (κ2) is 16.2. The van der Waals surface area contributed by atoms with Crippen molar-refractivity contribution >= 4 is 50.4 Å². The lowest BCUT2D eigenvalue weighted by Gasteiger charge is -2.30. The number of sulfonamides is 1. The summed E-state index contributed by atoms with van der Waals surface area (Å²) in [5.74, 6) is -2.26. The van der Waals surface area contributed by atoms with Crippen molar-refractivity contribution in [3.05, 3.63) is 55.3 Å². The van der Waals surface area contributed by atoms with Gasteiger partial charge in [0, 0.05) is 30.3 Å². The van der Waals surface area contributed by atoms with E-state index in [0.717, 1.165) is 5.39 Å². The molecule has 0 spiro atoms. The summed E-state index contributed by atoms with van der Waals surface area (Å²) in [6.07, 6.45) is 5.25. The summed E-state index contributed by atoms with van der Waals surface area (Å²) in [7, 11) is -2.38. The molecule has 3 aliphatic rings. The molecule has 3 fully saturated rings. The molecule has 56 heavy (non-hydrogen) atoms. The average molecular weight is 796 g/mol. The fourth-order valence-corrected chi connectivity index (χ4v) is 7.89. The highest BCUT2D eigenvalue weighted by molar-refractivity contribution is 7.91. The molecule has 0 radical (unpaired) electrons. The number of carbonyl (C=O) groups is 5. The number of ketones is 1. The monoisotopic (exact) mass is 795 g/mol. The fraction of sp³-hybridized carbons (Fsp3) is 0.550. The number of allylic oxidation sites excluding steroid dienone is 2. The second-order valence-corrected chi connectivity index (χ2v) is 18.7. The Morgan fingerprint density at radius 1 is 1.09 bits per heavy atom. The predicted molar refractivity (Wildman–Crippen MR) is 208 cm³/mol.